The third-order valence-corrected chi connectivity index (χ3v) is 2.07. The van der Waals surface area contributed by atoms with Gasteiger partial charge in [0.2, 0.25) is 11.8 Å². The summed E-state index contributed by atoms with van der Waals surface area (Å²) in [6, 6.07) is 0. The summed E-state index contributed by atoms with van der Waals surface area (Å²) in [6.07, 6.45) is 5.01. The van der Waals surface area contributed by atoms with E-state index in [4.69, 9.17) is 6.42 Å². The van der Waals surface area contributed by atoms with Gasteiger partial charge in [-0.15, -0.1) is 6.42 Å². The Balaban J connectivity index is 3.75. The molecule has 0 heterocycles. The molecule has 0 fully saturated rings. The van der Waals surface area contributed by atoms with Gasteiger partial charge < -0.3 is 10.2 Å². The quantitative estimate of drug-likeness (QED) is 0.440. The zero-order valence-electron chi connectivity index (χ0n) is 9.88. The van der Waals surface area contributed by atoms with E-state index in [0.29, 0.717) is 19.6 Å². The van der Waals surface area contributed by atoms with E-state index >= 15 is 0 Å². The zero-order valence-corrected chi connectivity index (χ0v) is 9.88. The summed E-state index contributed by atoms with van der Waals surface area (Å²) in [5.41, 5.74) is 0. The van der Waals surface area contributed by atoms with Gasteiger partial charge >= 0.3 is 0 Å². The van der Waals surface area contributed by atoms with E-state index in [2.05, 4.69) is 16.6 Å². The molecule has 16 heavy (non-hydrogen) atoms. The first-order valence-corrected chi connectivity index (χ1v) is 5.34. The van der Waals surface area contributed by atoms with E-state index in [9.17, 15) is 9.59 Å². The molecule has 0 aromatic carbocycles. The number of terminal acetylenes is 1. The molecule has 0 saturated heterocycles. The summed E-state index contributed by atoms with van der Waals surface area (Å²) in [7, 11) is 0. The van der Waals surface area contributed by atoms with Crippen LogP contribution in [-0.2, 0) is 9.59 Å². The number of likely N-dealkylation sites (N-methyl/N-ethyl adjacent to an activating group) is 1. The number of carbonyl (C=O) groups excluding carboxylic acids is 2. The van der Waals surface area contributed by atoms with Crippen molar-refractivity contribution in [3.8, 4) is 12.3 Å². The van der Waals surface area contributed by atoms with E-state index in [1.165, 1.54) is 0 Å². The maximum atomic E-state index is 11.5. The Kier molecular flexibility index (Phi) is 7.90. The van der Waals surface area contributed by atoms with E-state index in [1.807, 2.05) is 13.8 Å². The lowest BCUT2D eigenvalue weighted by molar-refractivity contribution is -0.132. The van der Waals surface area contributed by atoms with Crippen LogP contribution in [0.2, 0.25) is 0 Å². The predicted octanol–water partition coefficient (Wildman–Crippen LogP) is -0.806. The Morgan fingerprint density at radius 2 is 1.88 bits per heavy atom. The molecule has 0 aromatic heterocycles. The molecule has 0 unspecified atom stereocenters. The molecule has 90 valence electrons. The first-order chi connectivity index (χ1) is 7.65. The Labute approximate surface area is 96.6 Å². The Morgan fingerprint density at radius 1 is 1.25 bits per heavy atom. The van der Waals surface area contributed by atoms with Crippen LogP contribution in [0.5, 0.6) is 0 Å². The van der Waals surface area contributed by atoms with Gasteiger partial charge in [-0.1, -0.05) is 5.92 Å². The topological polar surface area (TPSA) is 61.4 Å². The molecule has 0 rings (SSSR count). The lowest BCUT2D eigenvalue weighted by Gasteiger charge is -2.18. The summed E-state index contributed by atoms with van der Waals surface area (Å²) in [6.45, 7) is 5.63. The Hall–Kier alpha value is -1.54. The third-order valence-electron chi connectivity index (χ3n) is 2.07. The maximum absolute atomic E-state index is 11.5. The first-order valence-electron chi connectivity index (χ1n) is 5.34. The molecule has 0 saturated carbocycles. The third kappa shape index (κ3) is 6.04. The van der Waals surface area contributed by atoms with E-state index in [0.717, 1.165) is 0 Å². The van der Waals surface area contributed by atoms with Crippen molar-refractivity contribution >= 4 is 11.8 Å². The maximum Gasteiger partial charge on any atom is 0.241 e. The summed E-state index contributed by atoms with van der Waals surface area (Å²) in [4.78, 5) is 24.4. The second-order valence-electron chi connectivity index (χ2n) is 3.15. The van der Waals surface area contributed by atoms with Crippen LogP contribution in [0, 0.1) is 12.3 Å². The molecule has 2 amide bonds. The van der Waals surface area contributed by atoms with Crippen molar-refractivity contribution in [2.75, 3.05) is 32.7 Å². The normalized spacial score (nSPS) is 9.31. The molecule has 0 atom stereocenters. The van der Waals surface area contributed by atoms with Crippen LogP contribution in [0.25, 0.3) is 0 Å². The van der Waals surface area contributed by atoms with E-state index in [1.54, 1.807) is 4.90 Å². The molecule has 0 spiro atoms. The second kappa shape index (κ2) is 8.74. The minimum absolute atomic E-state index is 0.0399. The fourth-order valence-corrected chi connectivity index (χ4v) is 1.17. The SMILES string of the molecule is C#CCNCC(=O)NCC(=O)N(CC)CC. The molecule has 0 bridgehead atoms. The van der Waals surface area contributed by atoms with Crippen molar-refractivity contribution in [2.45, 2.75) is 13.8 Å². The van der Waals surface area contributed by atoms with Crippen LogP contribution in [0.4, 0.5) is 0 Å². The fourth-order valence-electron chi connectivity index (χ4n) is 1.17. The van der Waals surface area contributed by atoms with Gasteiger partial charge in [0, 0.05) is 13.1 Å². The molecule has 0 aromatic rings. The summed E-state index contributed by atoms with van der Waals surface area (Å²) >= 11 is 0. The zero-order chi connectivity index (χ0) is 12.4. The van der Waals surface area contributed by atoms with Crippen molar-refractivity contribution in [1.82, 2.24) is 15.5 Å². The summed E-state index contributed by atoms with van der Waals surface area (Å²) in [5.74, 6) is 2.06. The number of nitrogens with zero attached hydrogens (tertiary/aromatic N) is 1. The number of hydrogen-bond acceptors (Lipinski definition) is 3. The van der Waals surface area contributed by atoms with Gasteiger partial charge in [0.1, 0.15) is 0 Å². The average molecular weight is 225 g/mol. The van der Waals surface area contributed by atoms with Crippen molar-refractivity contribution in [1.29, 1.82) is 0 Å². The summed E-state index contributed by atoms with van der Waals surface area (Å²) in [5, 5.41) is 5.27. The van der Waals surface area contributed by atoms with E-state index < -0.39 is 0 Å². The molecule has 5 nitrogen and oxygen atoms in total. The Bertz CT molecular complexity index is 267. The molecule has 2 N–H and O–H groups in total. The smallest absolute Gasteiger partial charge is 0.241 e. The predicted molar refractivity (Wildman–Crippen MR) is 62.6 cm³/mol. The minimum Gasteiger partial charge on any atom is -0.346 e. The Morgan fingerprint density at radius 3 is 2.38 bits per heavy atom. The second-order valence-corrected chi connectivity index (χ2v) is 3.15. The van der Waals surface area contributed by atoms with Crippen molar-refractivity contribution < 1.29 is 9.59 Å². The number of rotatable bonds is 7. The standard InChI is InChI=1S/C11H19N3O2/c1-4-7-12-8-10(15)13-9-11(16)14(5-2)6-3/h1,12H,5-9H2,2-3H3,(H,13,15). The largest absolute Gasteiger partial charge is 0.346 e. The number of carbonyl (C=O) groups is 2. The van der Waals surface area contributed by atoms with Crippen molar-refractivity contribution in [3.63, 3.8) is 0 Å². The fraction of sp³-hybridized carbons (Fsp3) is 0.636. The molecule has 0 aliphatic rings. The van der Waals surface area contributed by atoms with Crippen molar-refractivity contribution in [3.05, 3.63) is 0 Å². The van der Waals surface area contributed by atoms with Crippen LogP contribution in [0.15, 0.2) is 0 Å². The highest BCUT2D eigenvalue weighted by molar-refractivity contribution is 5.85. The highest BCUT2D eigenvalue weighted by Gasteiger charge is 2.10. The molecule has 0 radical (unpaired) electrons. The van der Waals surface area contributed by atoms with Gasteiger partial charge in [0.15, 0.2) is 0 Å². The monoisotopic (exact) mass is 225 g/mol. The van der Waals surface area contributed by atoms with Crippen LogP contribution in [0.1, 0.15) is 13.8 Å². The average Bonchev–Trinajstić information content (AvgIpc) is 2.28. The van der Waals surface area contributed by atoms with Crippen LogP contribution < -0.4 is 10.6 Å². The van der Waals surface area contributed by atoms with Gasteiger partial charge in [-0.25, -0.2) is 0 Å². The molecular weight excluding hydrogens is 206 g/mol. The minimum atomic E-state index is -0.226. The molecule has 0 aliphatic carbocycles. The lowest BCUT2D eigenvalue weighted by Crippen LogP contribution is -2.42. The summed E-state index contributed by atoms with van der Waals surface area (Å²) < 4.78 is 0. The number of nitrogens with one attached hydrogen (secondary N) is 2. The van der Waals surface area contributed by atoms with Gasteiger partial charge in [-0.3, -0.25) is 14.9 Å². The van der Waals surface area contributed by atoms with Crippen LogP contribution in [0.3, 0.4) is 0 Å². The van der Waals surface area contributed by atoms with Crippen molar-refractivity contribution in [2.24, 2.45) is 0 Å². The molecule has 5 heteroatoms. The van der Waals surface area contributed by atoms with Crippen LogP contribution >= 0.6 is 0 Å². The molecular formula is C11H19N3O2. The number of amides is 2. The van der Waals surface area contributed by atoms with Gasteiger partial charge in [-0.05, 0) is 13.8 Å². The van der Waals surface area contributed by atoms with Gasteiger partial charge in [0.05, 0.1) is 19.6 Å². The molecule has 0 aliphatic heterocycles. The van der Waals surface area contributed by atoms with Crippen LogP contribution in [-0.4, -0.2) is 49.4 Å². The lowest BCUT2D eigenvalue weighted by atomic mass is 10.4. The number of hydrogen-bond donors (Lipinski definition) is 2. The first kappa shape index (κ1) is 14.5. The highest BCUT2D eigenvalue weighted by atomic mass is 16.2. The van der Waals surface area contributed by atoms with E-state index in [-0.39, 0.29) is 24.9 Å². The van der Waals surface area contributed by atoms with Gasteiger partial charge in [-0.2, -0.15) is 0 Å². The highest BCUT2D eigenvalue weighted by Crippen LogP contribution is 1.86. The van der Waals surface area contributed by atoms with Gasteiger partial charge in [0.25, 0.3) is 0 Å².